The third-order valence-corrected chi connectivity index (χ3v) is 2.84. The molecule has 0 N–H and O–H groups in total. The molecule has 0 fully saturated rings. The van der Waals surface area contributed by atoms with Crippen LogP contribution < -0.4 is 0 Å². The molecule has 1 aromatic rings. The molecule has 1 heterocycles. The summed E-state index contributed by atoms with van der Waals surface area (Å²) in [5.41, 5.74) is 0. The van der Waals surface area contributed by atoms with Crippen LogP contribution >= 0.6 is 46.0 Å². The molecule has 0 saturated heterocycles. The number of nitrogens with zero attached hydrogens (tertiary/aromatic N) is 2. The highest BCUT2D eigenvalue weighted by molar-refractivity contribution is 14.1. The van der Waals surface area contributed by atoms with Crippen molar-refractivity contribution in [1.29, 1.82) is 0 Å². The largest absolute Gasteiger partial charge is 0.230 e. The van der Waals surface area contributed by atoms with E-state index in [-0.39, 0.29) is 0 Å². The van der Waals surface area contributed by atoms with Gasteiger partial charge in [-0.15, -0.1) is 0 Å². The van der Waals surface area contributed by atoms with Gasteiger partial charge in [0.15, 0.2) is 5.16 Å². The second-order valence-corrected chi connectivity index (χ2v) is 3.70. The number of thioether (sulfide) groups is 1. The van der Waals surface area contributed by atoms with Gasteiger partial charge in [0.1, 0.15) is 3.70 Å². The van der Waals surface area contributed by atoms with Crippen molar-refractivity contribution in [3.63, 3.8) is 0 Å². The lowest BCUT2D eigenvalue weighted by Gasteiger charge is -1.95. The van der Waals surface area contributed by atoms with Gasteiger partial charge in [-0.2, -0.15) is 0 Å². The van der Waals surface area contributed by atoms with E-state index in [0.29, 0.717) is 5.02 Å². The predicted molar refractivity (Wildman–Crippen MR) is 51.5 cm³/mol. The molecule has 54 valence electrons. The van der Waals surface area contributed by atoms with Crippen LogP contribution in [0, 0.1) is 3.70 Å². The van der Waals surface area contributed by atoms with Gasteiger partial charge in [0.25, 0.3) is 0 Å². The molecule has 0 amide bonds. The van der Waals surface area contributed by atoms with Crippen molar-refractivity contribution in [2.75, 3.05) is 6.26 Å². The van der Waals surface area contributed by atoms with E-state index in [0.717, 1.165) is 8.86 Å². The van der Waals surface area contributed by atoms with Gasteiger partial charge in [-0.1, -0.05) is 23.4 Å². The van der Waals surface area contributed by atoms with Crippen LogP contribution in [0.2, 0.25) is 5.02 Å². The molecule has 0 bridgehead atoms. The fraction of sp³-hybridized carbons (Fsp3) is 0.200. The first-order valence-corrected chi connectivity index (χ1v) is 5.14. The average Bonchev–Trinajstić information content (AvgIpc) is 1.95. The van der Waals surface area contributed by atoms with Gasteiger partial charge in [0.05, 0.1) is 11.2 Å². The molecule has 0 radical (unpaired) electrons. The Morgan fingerprint density at radius 2 is 2.40 bits per heavy atom. The van der Waals surface area contributed by atoms with E-state index in [1.807, 2.05) is 6.26 Å². The van der Waals surface area contributed by atoms with Crippen LogP contribution in [-0.4, -0.2) is 16.2 Å². The zero-order chi connectivity index (χ0) is 7.56. The van der Waals surface area contributed by atoms with E-state index in [2.05, 4.69) is 32.6 Å². The molecule has 1 aromatic heterocycles. The Bertz CT molecular complexity index is 243. The lowest BCUT2D eigenvalue weighted by atomic mass is 10.7. The van der Waals surface area contributed by atoms with Crippen LogP contribution in [0.3, 0.4) is 0 Å². The summed E-state index contributed by atoms with van der Waals surface area (Å²) in [6.45, 7) is 0. The van der Waals surface area contributed by atoms with Crippen LogP contribution in [0.15, 0.2) is 11.4 Å². The molecule has 0 aliphatic carbocycles. The van der Waals surface area contributed by atoms with Gasteiger partial charge < -0.3 is 0 Å². The van der Waals surface area contributed by atoms with Crippen LogP contribution in [0.1, 0.15) is 0 Å². The van der Waals surface area contributed by atoms with E-state index >= 15 is 0 Å². The number of rotatable bonds is 1. The quantitative estimate of drug-likeness (QED) is 0.343. The molecule has 10 heavy (non-hydrogen) atoms. The summed E-state index contributed by atoms with van der Waals surface area (Å²) in [7, 11) is 0. The fourth-order valence-corrected chi connectivity index (χ4v) is 1.39. The summed E-state index contributed by atoms with van der Waals surface area (Å²) in [4.78, 5) is 8.07. The normalized spacial score (nSPS) is 9.90. The Hall–Kier alpha value is 0.450. The predicted octanol–water partition coefficient (Wildman–Crippen LogP) is 2.46. The highest BCUT2D eigenvalue weighted by Gasteiger charge is 1.99. The third-order valence-electron chi connectivity index (χ3n) is 0.862. The number of aromatic nitrogens is 2. The minimum Gasteiger partial charge on any atom is -0.230 e. The lowest BCUT2D eigenvalue weighted by molar-refractivity contribution is 0.950. The maximum atomic E-state index is 5.70. The summed E-state index contributed by atoms with van der Waals surface area (Å²) in [6.07, 6.45) is 3.54. The molecule has 1 rings (SSSR count). The van der Waals surface area contributed by atoms with Gasteiger partial charge >= 0.3 is 0 Å². The van der Waals surface area contributed by atoms with E-state index in [9.17, 15) is 0 Å². The zero-order valence-corrected chi connectivity index (χ0v) is 8.87. The Labute approximate surface area is 81.9 Å². The first kappa shape index (κ1) is 8.55. The lowest BCUT2D eigenvalue weighted by Crippen LogP contribution is -1.88. The van der Waals surface area contributed by atoms with Crippen LogP contribution in [-0.2, 0) is 0 Å². The van der Waals surface area contributed by atoms with Gasteiger partial charge in [-0.3, -0.25) is 0 Å². The number of halogens is 2. The molecule has 0 saturated carbocycles. The molecular formula is C5H4ClIN2S. The van der Waals surface area contributed by atoms with Gasteiger partial charge in [0, 0.05) is 0 Å². The Kier molecular flexibility index (Phi) is 3.19. The second-order valence-electron chi connectivity index (χ2n) is 1.50. The maximum Gasteiger partial charge on any atom is 0.188 e. The van der Waals surface area contributed by atoms with Crippen LogP contribution in [0.4, 0.5) is 0 Å². The number of hydrogen-bond donors (Lipinski definition) is 0. The van der Waals surface area contributed by atoms with Crippen molar-refractivity contribution >= 4 is 46.0 Å². The topological polar surface area (TPSA) is 25.8 Å². The van der Waals surface area contributed by atoms with Crippen molar-refractivity contribution in [3.8, 4) is 0 Å². The Morgan fingerprint density at radius 3 is 2.90 bits per heavy atom. The molecule has 0 atom stereocenters. The summed E-state index contributed by atoms with van der Waals surface area (Å²) in [5.74, 6) is 0. The SMILES string of the molecule is CSc1ncc(Cl)c(I)n1. The smallest absolute Gasteiger partial charge is 0.188 e. The highest BCUT2D eigenvalue weighted by Crippen LogP contribution is 2.17. The Morgan fingerprint density at radius 1 is 1.70 bits per heavy atom. The highest BCUT2D eigenvalue weighted by atomic mass is 127. The van der Waals surface area contributed by atoms with Crippen molar-refractivity contribution in [3.05, 3.63) is 14.9 Å². The Balaban J connectivity index is 3.04. The van der Waals surface area contributed by atoms with Gasteiger partial charge in [0.2, 0.25) is 0 Å². The molecule has 2 nitrogen and oxygen atoms in total. The summed E-state index contributed by atoms with van der Waals surface area (Å²) >= 11 is 9.28. The molecular weight excluding hydrogens is 282 g/mol. The van der Waals surface area contributed by atoms with E-state index in [4.69, 9.17) is 11.6 Å². The standard InChI is InChI=1S/C5H4ClIN2S/c1-10-5-8-2-3(6)4(7)9-5/h2H,1H3. The molecule has 0 spiro atoms. The number of hydrogen-bond acceptors (Lipinski definition) is 3. The minimum absolute atomic E-state index is 0.610. The van der Waals surface area contributed by atoms with Crippen LogP contribution in [0.5, 0.6) is 0 Å². The summed E-state index contributed by atoms with van der Waals surface area (Å²) in [6, 6.07) is 0. The fourth-order valence-electron chi connectivity index (χ4n) is 0.430. The van der Waals surface area contributed by atoms with Crippen molar-refractivity contribution in [2.45, 2.75) is 5.16 Å². The minimum atomic E-state index is 0.610. The molecule has 0 aromatic carbocycles. The molecule has 0 aliphatic heterocycles. The molecule has 0 aliphatic rings. The van der Waals surface area contributed by atoms with E-state index in [1.54, 1.807) is 6.20 Å². The summed E-state index contributed by atoms with van der Waals surface area (Å²) in [5, 5.41) is 1.37. The average molecular weight is 287 g/mol. The zero-order valence-electron chi connectivity index (χ0n) is 5.14. The first-order valence-electron chi connectivity index (χ1n) is 2.46. The van der Waals surface area contributed by atoms with Crippen molar-refractivity contribution < 1.29 is 0 Å². The monoisotopic (exact) mass is 286 g/mol. The van der Waals surface area contributed by atoms with Gasteiger partial charge in [-0.25, -0.2) is 9.97 Å². The third kappa shape index (κ3) is 1.96. The van der Waals surface area contributed by atoms with Crippen molar-refractivity contribution in [2.24, 2.45) is 0 Å². The maximum absolute atomic E-state index is 5.70. The first-order chi connectivity index (χ1) is 4.74. The second kappa shape index (κ2) is 3.73. The van der Waals surface area contributed by atoms with Crippen molar-refractivity contribution in [1.82, 2.24) is 9.97 Å². The molecule has 5 heteroatoms. The van der Waals surface area contributed by atoms with Gasteiger partial charge in [-0.05, 0) is 28.8 Å². The van der Waals surface area contributed by atoms with E-state index < -0.39 is 0 Å². The van der Waals surface area contributed by atoms with Crippen LogP contribution in [0.25, 0.3) is 0 Å². The van der Waals surface area contributed by atoms with E-state index in [1.165, 1.54) is 11.8 Å². The molecule has 0 unspecified atom stereocenters. The summed E-state index contributed by atoms with van der Waals surface area (Å²) < 4.78 is 0.804.